The number of aliphatic hydroxyl groups excluding tert-OH is 1. The highest BCUT2D eigenvalue weighted by Gasteiger charge is 2.36. The number of rotatable bonds is 7. The third-order valence-electron chi connectivity index (χ3n) is 2.29. The zero-order chi connectivity index (χ0) is 11.9. The first-order chi connectivity index (χ1) is 6.96. The van der Waals surface area contributed by atoms with Crippen molar-refractivity contribution in [3.8, 4) is 0 Å². The van der Waals surface area contributed by atoms with Crippen LogP contribution in [0, 0.1) is 0 Å². The smallest absolute Gasteiger partial charge is 0.308 e. The van der Waals surface area contributed by atoms with E-state index in [9.17, 15) is 15.0 Å². The summed E-state index contributed by atoms with van der Waals surface area (Å²) in [5.74, 6) is -2.18. The molecule has 2 unspecified atom stereocenters. The highest BCUT2D eigenvalue weighted by molar-refractivity contribution is 5.69. The molecular weight excluding hydrogens is 196 g/mol. The molecule has 0 saturated heterocycles. The van der Waals surface area contributed by atoms with E-state index in [-0.39, 0.29) is 12.8 Å². The lowest BCUT2D eigenvalue weighted by Gasteiger charge is -2.30. The summed E-state index contributed by atoms with van der Waals surface area (Å²) in [4.78, 5) is 11.2. The molecule has 0 heterocycles. The van der Waals surface area contributed by atoms with E-state index in [4.69, 9.17) is 4.74 Å². The Morgan fingerprint density at radius 1 is 1.40 bits per heavy atom. The van der Waals surface area contributed by atoms with Crippen LogP contribution in [0.2, 0.25) is 0 Å². The molecule has 0 aromatic carbocycles. The predicted octanol–water partition coefficient (Wildman–Crippen LogP) is 1.59. The van der Waals surface area contributed by atoms with E-state index in [1.807, 2.05) is 13.8 Å². The monoisotopic (exact) mass is 218 g/mol. The van der Waals surface area contributed by atoms with E-state index in [1.54, 1.807) is 0 Å². The largest absolute Gasteiger partial charge is 0.430 e. The number of hydrogen-bond acceptors (Lipinski definition) is 4. The number of unbranched alkanes of at least 4 members (excludes halogenated alkanes) is 1. The van der Waals surface area contributed by atoms with Gasteiger partial charge in [0, 0.05) is 12.8 Å². The van der Waals surface area contributed by atoms with Crippen LogP contribution in [0.3, 0.4) is 0 Å². The van der Waals surface area contributed by atoms with Crippen LogP contribution in [-0.2, 0) is 9.53 Å². The number of aliphatic hydroxyl groups is 2. The van der Waals surface area contributed by atoms with E-state index < -0.39 is 17.9 Å². The fourth-order valence-corrected chi connectivity index (χ4v) is 1.23. The standard InChI is InChI=1S/C11H22O4/c1-4-6-8-11(14,9(3)12)15-10(13)7-5-2/h9,12,14H,4-8H2,1-3H3. The quantitative estimate of drug-likeness (QED) is 0.503. The zero-order valence-electron chi connectivity index (χ0n) is 9.82. The van der Waals surface area contributed by atoms with Gasteiger partial charge in [-0.15, -0.1) is 0 Å². The average Bonchev–Trinajstić information content (AvgIpc) is 2.14. The first kappa shape index (κ1) is 14.4. The summed E-state index contributed by atoms with van der Waals surface area (Å²) in [5, 5.41) is 19.3. The van der Waals surface area contributed by atoms with E-state index in [2.05, 4.69) is 0 Å². The van der Waals surface area contributed by atoms with Gasteiger partial charge in [-0.25, -0.2) is 0 Å². The van der Waals surface area contributed by atoms with Gasteiger partial charge < -0.3 is 14.9 Å². The fraction of sp³-hybridized carbons (Fsp3) is 0.909. The molecule has 0 rings (SSSR count). The minimum absolute atomic E-state index is 0.265. The molecule has 0 fully saturated rings. The molecule has 2 atom stereocenters. The Bertz CT molecular complexity index is 191. The van der Waals surface area contributed by atoms with Gasteiger partial charge in [-0.2, -0.15) is 0 Å². The lowest BCUT2D eigenvalue weighted by molar-refractivity contribution is -0.247. The number of carbonyl (C=O) groups excluding carboxylic acids is 1. The molecule has 0 aromatic heterocycles. The molecule has 0 aromatic rings. The summed E-state index contributed by atoms with van der Waals surface area (Å²) in [6.07, 6.45) is 1.73. The van der Waals surface area contributed by atoms with Gasteiger partial charge >= 0.3 is 5.97 Å². The molecule has 4 nitrogen and oxygen atoms in total. The Labute approximate surface area is 91.3 Å². The first-order valence-corrected chi connectivity index (χ1v) is 5.58. The number of esters is 1. The lowest BCUT2D eigenvalue weighted by Crippen LogP contribution is -2.44. The van der Waals surface area contributed by atoms with Crippen molar-refractivity contribution in [3.05, 3.63) is 0 Å². The second-order valence-corrected chi connectivity index (χ2v) is 3.85. The van der Waals surface area contributed by atoms with Gasteiger partial charge in [-0.05, 0) is 19.8 Å². The molecule has 90 valence electrons. The van der Waals surface area contributed by atoms with Crippen molar-refractivity contribution in [2.45, 2.75) is 64.8 Å². The van der Waals surface area contributed by atoms with Crippen molar-refractivity contribution in [3.63, 3.8) is 0 Å². The van der Waals surface area contributed by atoms with Gasteiger partial charge in [-0.1, -0.05) is 20.3 Å². The van der Waals surface area contributed by atoms with E-state index in [1.165, 1.54) is 6.92 Å². The minimum Gasteiger partial charge on any atom is -0.430 e. The van der Waals surface area contributed by atoms with Crippen molar-refractivity contribution >= 4 is 5.97 Å². The minimum atomic E-state index is -1.72. The van der Waals surface area contributed by atoms with Gasteiger partial charge in [0.1, 0.15) is 6.10 Å². The molecule has 0 radical (unpaired) electrons. The van der Waals surface area contributed by atoms with Crippen LogP contribution in [-0.4, -0.2) is 28.1 Å². The van der Waals surface area contributed by atoms with Crippen molar-refractivity contribution < 1.29 is 19.7 Å². The van der Waals surface area contributed by atoms with E-state index in [0.29, 0.717) is 12.8 Å². The van der Waals surface area contributed by atoms with Crippen LogP contribution in [0.1, 0.15) is 52.9 Å². The Morgan fingerprint density at radius 2 is 2.00 bits per heavy atom. The molecule has 0 amide bonds. The van der Waals surface area contributed by atoms with Crippen molar-refractivity contribution in [2.24, 2.45) is 0 Å². The predicted molar refractivity (Wildman–Crippen MR) is 57.2 cm³/mol. The maximum atomic E-state index is 11.2. The van der Waals surface area contributed by atoms with Crippen LogP contribution >= 0.6 is 0 Å². The highest BCUT2D eigenvalue weighted by atomic mass is 16.7. The first-order valence-electron chi connectivity index (χ1n) is 5.58. The Hall–Kier alpha value is -0.610. The maximum Gasteiger partial charge on any atom is 0.308 e. The summed E-state index contributed by atoms with van der Waals surface area (Å²) in [7, 11) is 0. The molecule has 4 heteroatoms. The zero-order valence-corrected chi connectivity index (χ0v) is 9.82. The lowest BCUT2D eigenvalue weighted by atomic mass is 10.0. The molecule has 0 aliphatic carbocycles. The molecule has 0 aliphatic heterocycles. The van der Waals surface area contributed by atoms with E-state index in [0.717, 1.165) is 6.42 Å². The Morgan fingerprint density at radius 3 is 2.40 bits per heavy atom. The second-order valence-electron chi connectivity index (χ2n) is 3.85. The normalized spacial score (nSPS) is 16.9. The SMILES string of the molecule is CCCCC(O)(OC(=O)CCC)C(C)O. The van der Waals surface area contributed by atoms with Crippen molar-refractivity contribution in [1.82, 2.24) is 0 Å². The van der Waals surface area contributed by atoms with Crippen LogP contribution in [0.25, 0.3) is 0 Å². The Kier molecular flexibility index (Phi) is 6.52. The molecule has 0 aliphatic rings. The van der Waals surface area contributed by atoms with Gasteiger partial charge in [0.05, 0.1) is 0 Å². The number of carbonyl (C=O) groups is 1. The van der Waals surface area contributed by atoms with Gasteiger partial charge in [0.15, 0.2) is 0 Å². The third-order valence-corrected chi connectivity index (χ3v) is 2.29. The van der Waals surface area contributed by atoms with Crippen molar-refractivity contribution in [1.29, 1.82) is 0 Å². The summed E-state index contributed by atoms with van der Waals surface area (Å²) >= 11 is 0. The fourth-order valence-electron chi connectivity index (χ4n) is 1.23. The van der Waals surface area contributed by atoms with Crippen LogP contribution < -0.4 is 0 Å². The molecular formula is C11H22O4. The van der Waals surface area contributed by atoms with Crippen LogP contribution in [0.5, 0.6) is 0 Å². The molecule has 2 N–H and O–H groups in total. The summed E-state index contributed by atoms with van der Waals surface area (Å²) in [6, 6.07) is 0. The second kappa shape index (κ2) is 6.80. The highest BCUT2D eigenvalue weighted by Crippen LogP contribution is 2.21. The molecule has 0 saturated carbocycles. The molecule has 15 heavy (non-hydrogen) atoms. The summed E-state index contributed by atoms with van der Waals surface area (Å²) in [5.41, 5.74) is 0. The molecule has 0 bridgehead atoms. The van der Waals surface area contributed by atoms with Crippen molar-refractivity contribution in [2.75, 3.05) is 0 Å². The third kappa shape index (κ3) is 5.14. The van der Waals surface area contributed by atoms with E-state index >= 15 is 0 Å². The Balaban J connectivity index is 4.30. The number of hydrogen-bond donors (Lipinski definition) is 2. The molecule has 0 spiro atoms. The van der Waals surface area contributed by atoms with Crippen LogP contribution in [0.4, 0.5) is 0 Å². The van der Waals surface area contributed by atoms with Gasteiger partial charge in [-0.3, -0.25) is 4.79 Å². The summed E-state index contributed by atoms with van der Waals surface area (Å²) in [6.45, 7) is 5.25. The topological polar surface area (TPSA) is 66.8 Å². The summed E-state index contributed by atoms with van der Waals surface area (Å²) < 4.78 is 4.91. The van der Waals surface area contributed by atoms with Gasteiger partial charge in [0.25, 0.3) is 0 Å². The maximum absolute atomic E-state index is 11.2. The average molecular weight is 218 g/mol. The van der Waals surface area contributed by atoms with Gasteiger partial charge in [0.2, 0.25) is 5.79 Å². The number of ether oxygens (including phenoxy) is 1. The van der Waals surface area contributed by atoms with Crippen LogP contribution in [0.15, 0.2) is 0 Å².